The zero-order chi connectivity index (χ0) is 14.4. The topological polar surface area (TPSA) is 84.0 Å². The van der Waals surface area contributed by atoms with Gasteiger partial charge in [0.2, 0.25) is 5.88 Å². The van der Waals surface area contributed by atoms with Crippen molar-refractivity contribution in [2.75, 3.05) is 13.7 Å². The Morgan fingerprint density at radius 1 is 1.55 bits per heavy atom. The Kier molecular flexibility index (Phi) is 5.17. The molecule has 2 rings (SSSR count). The van der Waals surface area contributed by atoms with Gasteiger partial charge in [-0.05, 0) is 18.9 Å². The second-order valence-corrected chi connectivity index (χ2v) is 5.11. The highest BCUT2D eigenvalue weighted by atomic mass is 16.5. The maximum Gasteiger partial charge on any atom is 0.217 e. The number of oxime groups is 1. The summed E-state index contributed by atoms with van der Waals surface area (Å²) >= 11 is 0. The van der Waals surface area contributed by atoms with Crippen molar-refractivity contribution in [1.82, 2.24) is 9.88 Å². The molecule has 20 heavy (non-hydrogen) atoms. The lowest BCUT2D eigenvalue weighted by Gasteiger charge is -2.28. The van der Waals surface area contributed by atoms with E-state index >= 15 is 0 Å². The van der Waals surface area contributed by atoms with Crippen molar-refractivity contribution in [2.24, 2.45) is 10.9 Å². The van der Waals surface area contributed by atoms with Gasteiger partial charge in [-0.25, -0.2) is 4.98 Å². The van der Waals surface area contributed by atoms with Gasteiger partial charge in [-0.15, -0.1) is 0 Å². The van der Waals surface area contributed by atoms with Gasteiger partial charge in [0.25, 0.3) is 0 Å². The molecule has 1 aromatic heterocycles. The van der Waals surface area contributed by atoms with Crippen LogP contribution in [0, 0.1) is 0 Å². The van der Waals surface area contributed by atoms with Crippen LogP contribution in [0.1, 0.15) is 31.2 Å². The molecule has 1 aliphatic carbocycles. The van der Waals surface area contributed by atoms with Crippen LogP contribution >= 0.6 is 0 Å². The molecule has 1 saturated carbocycles. The van der Waals surface area contributed by atoms with Crippen molar-refractivity contribution in [3.05, 3.63) is 23.9 Å². The quantitative estimate of drug-likeness (QED) is 0.357. The van der Waals surface area contributed by atoms with E-state index in [2.05, 4.69) is 15.0 Å². The second kappa shape index (κ2) is 7.09. The van der Waals surface area contributed by atoms with E-state index < -0.39 is 0 Å². The molecular formula is C14H22N4O2. The van der Waals surface area contributed by atoms with Gasteiger partial charge in [0.05, 0.1) is 13.7 Å². The fourth-order valence-corrected chi connectivity index (χ4v) is 2.77. The standard InChI is InChI=1S/C14H22N4O2/c1-20-14-11(5-4-8-16-14)9-18(10-13(15)17-19)12-6-2-3-7-12/h4-5,8,12,19H,2-3,6-7,9-10H2,1H3,(H2,15,17). The second-order valence-electron chi connectivity index (χ2n) is 5.11. The van der Waals surface area contributed by atoms with Crippen LogP contribution in [0.5, 0.6) is 5.88 Å². The molecule has 0 radical (unpaired) electrons. The van der Waals surface area contributed by atoms with Crippen LogP contribution in [0.3, 0.4) is 0 Å². The highest BCUT2D eigenvalue weighted by Gasteiger charge is 2.24. The van der Waals surface area contributed by atoms with E-state index in [1.165, 1.54) is 12.8 Å². The molecule has 1 heterocycles. The van der Waals surface area contributed by atoms with Crippen molar-refractivity contribution in [2.45, 2.75) is 38.3 Å². The Bertz CT molecular complexity index is 458. The number of hydrogen-bond acceptors (Lipinski definition) is 5. The third-order valence-electron chi connectivity index (χ3n) is 3.75. The van der Waals surface area contributed by atoms with Gasteiger partial charge in [-0.2, -0.15) is 0 Å². The van der Waals surface area contributed by atoms with E-state index in [-0.39, 0.29) is 5.84 Å². The van der Waals surface area contributed by atoms with Gasteiger partial charge >= 0.3 is 0 Å². The maximum atomic E-state index is 8.79. The SMILES string of the molecule is COc1ncccc1CN(C/C(N)=N/O)C1CCCC1. The molecular weight excluding hydrogens is 256 g/mol. The minimum Gasteiger partial charge on any atom is -0.481 e. The molecule has 1 fully saturated rings. The van der Waals surface area contributed by atoms with Gasteiger partial charge in [0.1, 0.15) is 0 Å². The first kappa shape index (κ1) is 14.6. The number of amidine groups is 1. The Morgan fingerprint density at radius 3 is 2.95 bits per heavy atom. The molecule has 6 nitrogen and oxygen atoms in total. The van der Waals surface area contributed by atoms with Gasteiger partial charge in [-0.1, -0.05) is 24.1 Å². The molecule has 0 atom stereocenters. The molecule has 1 aromatic rings. The number of hydrogen-bond donors (Lipinski definition) is 2. The molecule has 0 spiro atoms. The number of rotatable bonds is 6. The summed E-state index contributed by atoms with van der Waals surface area (Å²) in [4.78, 5) is 6.45. The highest BCUT2D eigenvalue weighted by molar-refractivity contribution is 5.81. The largest absolute Gasteiger partial charge is 0.481 e. The highest BCUT2D eigenvalue weighted by Crippen LogP contribution is 2.26. The molecule has 0 aliphatic heterocycles. The van der Waals surface area contributed by atoms with E-state index in [0.717, 1.165) is 18.4 Å². The minimum atomic E-state index is 0.236. The molecule has 0 amide bonds. The Hall–Kier alpha value is -1.82. The molecule has 110 valence electrons. The fraction of sp³-hybridized carbons (Fsp3) is 0.571. The smallest absolute Gasteiger partial charge is 0.217 e. The van der Waals surface area contributed by atoms with E-state index in [4.69, 9.17) is 15.7 Å². The normalized spacial score (nSPS) is 16.8. The Balaban J connectivity index is 2.13. The molecule has 1 aliphatic rings. The summed E-state index contributed by atoms with van der Waals surface area (Å²) in [5, 5.41) is 11.9. The van der Waals surface area contributed by atoms with Crippen LogP contribution in [-0.2, 0) is 6.54 Å². The number of nitrogens with two attached hydrogens (primary N) is 1. The lowest BCUT2D eigenvalue weighted by molar-refractivity contribution is 0.210. The van der Waals surface area contributed by atoms with Gasteiger partial charge < -0.3 is 15.7 Å². The lowest BCUT2D eigenvalue weighted by Crippen LogP contribution is -2.39. The summed E-state index contributed by atoms with van der Waals surface area (Å²) in [6.45, 7) is 1.15. The molecule has 3 N–H and O–H groups in total. The summed E-state index contributed by atoms with van der Waals surface area (Å²) < 4.78 is 5.29. The van der Waals surface area contributed by atoms with Crippen LogP contribution in [-0.4, -0.2) is 40.6 Å². The number of pyridine rings is 1. The third kappa shape index (κ3) is 3.60. The van der Waals surface area contributed by atoms with E-state index in [1.807, 2.05) is 12.1 Å². The van der Waals surface area contributed by atoms with E-state index in [9.17, 15) is 0 Å². The van der Waals surface area contributed by atoms with Crippen LogP contribution in [0.4, 0.5) is 0 Å². The van der Waals surface area contributed by atoms with Crippen molar-refractivity contribution < 1.29 is 9.94 Å². The molecule has 0 saturated heterocycles. The summed E-state index contributed by atoms with van der Waals surface area (Å²) in [6, 6.07) is 4.37. The number of aromatic nitrogens is 1. The maximum absolute atomic E-state index is 8.79. The number of nitrogens with zero attached hydrogens (tertiary/aromatic N) is 3. The Labute approximate surface area is 119 Å². The van der Waals surface area contributed by atoms with Crippen molar-refractivity contribution >= 4 is 5.84 Å². The summed E-state index contributed by atoms with van der Waals surface area (Å²) in [5.74, 6) is 0.870. The minimum absolute atomic E-state index is 0.236. The van der Waals surface area contributed by atoms with Crippen molar-refractivity contribution in [3.8, 4) is 5.88 Å². The predicted molar refractivity (Wildman–Crippen MR) is 76.9 cm³/mol. The van der Waals surface area contributed by atoms with Crippen molar-refractivity contribution in [3.63, 3.8) is 0 Å². The molecule has 6 heteroatoms. The van der Waals surface area contributed by atoms with Crippen molar-refractivity contribution in [1.29, 1.82) is 0 Å². The zero-order valence-corrected chi connectivity index (χ0v) is 11.8. The van der Waals surface area contributed by atoms with Crippen LogP contribution < -0.4 is 10.5 Å². The molecule has 0 bridgehead atoms. The van der Waals surface area contributed by atoms with Crippen LogP contribution in [0.15, 0.2) is 23.5 Å². The molecule has 0 aromatic carbocycles. The van der Waals surface area contributed by atoms with E-state index in [0.29, 0.717) is 25.0 Å². The summed E-state index contributed by atoms with van der Waals surface area (Å²) in [6.07, 6.45) is 6.50. The monoisotopic (exact) mass is 278 g/mol. The predicted octanol–water partition coefficient (Wildman–Crippen LogP) is 1.58. The summed E-state index contributed by atoms with van der Waals surface area (Å²) in [5.41, 5.74) is 6.70. The number of ether oxygens (including phenoxy) is 1. The summed E-state index contributed by atoms with van der Waals surface area (Å²) in [7, 11) is 1.62. The van der Waals surface area contributed by atoms with Crippen LogP contribution in [0.25, 0.3) is 0 Å². The lowest BCUT2D eigenvalue weighted by atomic mass is 10.1. The first-order valence-electron chi connectivity index (χ1n) is 6.93. The van der Waals surface area contributed by atoms with Gasteiger partial charge in [0, 0.05) is 24.3 Å². The average molecular weight is 278 g/mol. The van der Waals surface area contributed by atoms with Crippen LogP contribution in [0.2, 0.25) is 0 Å². The number of methoxy groups -OCH3 is 1. The first-order chi connectivity index (χ1) is 9.74. The zero-order valence-electron chi connectivity index (χ0n) is 11.8. The molecule has 0 unspecified atom stereocenters. The fourth-order valence-electron chi connectivity index (χ4n) is 2.77. The first-order valence-corrected chi connectivity index (χ1v) is 6.93. The van der Waals surface area contributed by atoms with E-state index in [1.54, 1.807) is 13.3 Å². The Morgan fingerprint density at radius 2 is 2.30 bits per heavy atom. The third-order valence-corrected chi connectivity index (χ3v) is 3.75. The average Bonchev–Trinajstić information content (AvgIpc) is 3.01. The van der Waals surface area contributed by atoms with Gasteiger partial charge in [-0.3, -0.25) is 4.90 Å². The van der Waals surface area contributed by atoms with Gasteiger partial charge in [0.15, 0.2) is 5.84 Å².